The Labute approximate surface area is 158 Å². The van der Waals surface area contributed by atoms with E-state index in [0.29, 0.717) is 12.1 Å². The van der Waals surface area contributed by atoms with Gasteiger partial charge in [-0.3, -0.25) is 0 Å². The van der Waals surface area contributed by atoms with Crippen molar-refractivity contribution < 1.29 is 17.9 Å². The third-order valence-electron chi connectivity index (χ3n) is 5.16. The molecule has 1 aliphatic carbocycles. The minimum absolute atomic E-state index is 0.0837. The van der Waals surface area contributed by atoms with Crippen molar-refractivity contribution in [1.29, 1.82) is 0 Å². The zero-order chi connectivity index (χ0) is 18.9. The fourth-order valence-electron chi connectivity index (χ4n) is 3.53. The molecule has 2 N–H and O–H groups in total. The molecule has 1 saturated carbocycles. The van der Waals surface area contributed by atoms with Gasteiger partial charge in [0.1, 0.15) is 5.82 Å². The monoisotopic (exact) mass is 397 g/mol. The van der Waals surface area contributed by atoms with Crippen molar-refractivity contribution in [3.63, 3.8) is 0 Å². The Morgan fingerprint density at radius 2 is 1.96 bits per heavy atom. The number of nitrogens with one attached hydrogen (secondary N) is 1. The van der Waals surface area contributed by atoms with Gasteiger partial charge in [-0.2, -0.15) is 0 Å². The lowest BCUT2D eigenvalue weighted by Gasteiger charge is -2.28. The fourth-order valence-corrected chi connectivity index (χ4v) is 5.93. The fraction of sp³-hybridized carbons (Fsp3) is 0.474. The van der Waals surface area contributed by atoms with Gasteiger partial charge in [-0.15, -0.1) is 11.3 Å². The van der Waals surface area contributed by atoms with Crippen LogP contribution in [-0.4, -0.2) is 20.1 Å². The number of hydrogen-bond acceptors (Lipinski definition) is 4. The van der Waals surface area contributed by atoms with E-state index in [4.69, 9.17) is 0 Å². The van der Waals surface area contributed by atoms with Crippen molar-refractivity contribution in [2.75, 3.05) is 6.54 Å². The maximum Gasteiger partial charge on any atom is 0.240 e. The number of aryl methyl sites for hydroxylation is 1. The number of sulfonamides is 1. The first-order chi connectivity index (χ1) is 12.2. The molecule has 4 nitrogen and oxygen atoms in total. The maximum atomic E-state index is 13.4. The van der Waals surface area contributed by atoms with Gasteiger partial charge in [-0.05, 0) is 62.6 Å². The van der Waals surface area contributed by atoms with Gasteiger partial charge in [0.15, 0.2) is 0 Å². The zero-order valence-electron chi connectivity index (χ0n) is 15.0. The van der Waals surface area contributed by atoms with E-state index in [0.717, 1.165) is 35.4 Å². The lowest BCUT2D eigenvalue weighted by molar-refractivity contribution is 0.203. The van der Waals surface area contributed by atoms with Crippen molar-refractivity contribution in [3.8, 4) is 0 Å². The summed E-state index contributed by atoms with van der Waals surface area (Å²) < 4.78 is 41.5. The topological polar surface area (TPSA) is 66.4 Å². The summed E-state index contributed by atoms with van der Waals surface area (Å²) in [5.74, 6) is -0.416. The first-order valence-corrected chi connectivity index (χ1v) is 11.1. The molecule has 1 aliphatic rings. The largest absolute Gasteiger partial charge is 0.388 e. The number of rotatable bonds is 6. The average molecular weight is 398 g/mol. The van der Waals surface area contributed by atoms with Gasteiger partial charge in [-0.25, -0.2) is 17.5 Å². The Bertz CT molecular complexity index is 884. The quantitative estimate of drug-likeness (QED) is 0.773. The Kier molecular flexibility index (Phi) is 5.53. The van der Waals surface area contributed by atoms with E-state index in [2.05, 4.69) is 4.72 Å². The molecule has 1 unspecified atom stereocenters. The highest BCUT2D eigenvalue weighted by atomic mass is 32.2. The summed E-state index contributed by atoms with van der Waals surface area (Å²) in [5.41, 5.74) is 0.0724. The van der Waals surface area contributed by atoms with Gasteiger partial charge in [-0.1, -0.05) is 12.8 Å². The van der Waals surface area contributed by atoms with Gasteiger partial charge in [0.25, 0.3) is 0 Å². The number of thiophene rings is 1. The minimum atomic E-state index is -3.70. The van der Waals surface area contributed by atoms with E-state index in [9.17, 15) is 17.9 Å². The summed E-state index contributed by atoms with van der Waals surface area (Å²) >= 11 is 1.55. The Morgan fingerprint density at radius 1 is 1.27 bits per heavy atom. The molecule has 3 rings (SSSR count). The summed E-state index contributed by atoms with van der Waals surface area (Å²) in [6.45, 7) is 3.60. The normalized spacial score (nSPS) is 18.2. The molecular formula is C19H24FNO3S2. The van der Waals surface area contributed by atoms with E-state index in [1.807, 2.05) is 12.1 Å². The summed E-state index contributed by atoms with van der Waals surface area (Å²) in [4.78, 5) is 2.09. The molecule has 0 radical (unpaired) electrons. The van der Waals surface area contributed by atoms with Crippen LogP contribution in [0.5, 0.6) is 0 Å². The lowest BCUT2D eigenvalue weighted by Crippen LogP contribution is -2.38. The molecular weight excluding hydrogens is 373 g/mol. The van der Waals surface area contributed by atoms with Crippen LogP contribution in [0.15, 0.2) is 35.2 Å². The third-order valence-corrected chi connectivity index (χ3v) is 8.06. The summed E-state index contributed by atoms with van der Waals surface area (Å²) in [5, 5.41) is 9.79. The Balaban J connectivity index is 1.83. The van der Waals surface area contributed by atoms with Crippen LogP contribution in [0.1, 0.15) is 54.0 Å². The molecule has 142 valence electrons. The first kappa shape index (κ1) is 19.5. The Morgan fingerprint density at radius 3 is 2.54 bits per heavy atom. The highest BCUT2D eigenvalue weighted by Gasteiger charge is 2.38. The molecule has 26 heavy (non-hydrogen) atoms. The molecule has 1 heterocycles. The highest BCUT2D eigenvalue weighted by Crippen LogP contribution is 2.44. The number of aliphatic hydroxyl groups is 1. The number of hydrogen-bond donors (Lipinski definition) is 2. The predicted octanol–water partition coefficient (Wildman–Crippen LogP) is 4.04. The van der Waals surface area contributed by atoms with Crippen LogP contribution in [0.2, 0.25) is 0 Å². The minimum Gasteiger partial charge on any atom is -0.388 e. The third kappa shape index (κ3) is 3.86. The van der Waals surface area contributed by atoms with Gasteiger partial charge in [0, 0.05) is 21.7 Å². The van der Waals surface area contributed by atoms with E-state index in [1.165, 1.54) is 18.2 Å². The van der Waals surface area contributed by atoms with Crippen LogP contribution in [-0.2, 0) is 15.4 Å². The van der Waals surface area contributed by atoms with Gasteiger partial charge in [0.2, 0.25) is 10.0 Å². The van der Waals surface area contributed by atoms with Crippen molar-refractivity contribution in [2.45, 2.75) is 55.9 Å². The zero-order valence-corrected chi connectivity index (χ0v) is 16.6. The molecule has 0 saturated heterocycles. The summed E-state index contributed by atoms with van der Waals surface area (Å²) in [6, 6.07) is 7.76. The van der Waals surface area contributed by atoms with Crippen LogP contribution in [0.4, 0.5) is 4.39 Å². The molecule has 1 aromatic carbocycles. The molecule has 0 bridgehead atoms. The second-order valence-electron chi connectivity index (χ2n) is 7.10. The van der Waals surface area contributed by atoms with Crippen molar-refractivity contribution >= 4 is 21.4 Å². The Hall–Kier alpha value is -1.28. The summed E-state index contributed by atoms with van der Waals surface area (Å²) in [6.07, 6.45) is 3.42. The van der Waals surface area contributed by atoms with Crippen molar-refractivity contribution in [2.24, 2.45) is 0 Å². The second-order valence-corrected chi connectivity index (χ2v) is 9.98. The predicted molar refractivity (Wildman–Crippen MR) is 101 cm³/mol. The molecule has 7 heteroatoms. The van der Waals surface area contributed by atoms with Crippen molar-refractivity contribution in [1.82, 2.24) is 4.72 Å². The van der Waals surface area contributed by atoms with Crippen molar-refractivity contribution in [3.05, 3.63) is 51.5 Å². The number of aliphatic hydroxyl groups excluding tert-OH is 1. The number of benzene rings is 1. The lowest BCUT2D eigenvalue weighted by atomic mass is 9.85. The van der Waals surface area contributed by atoms with Crippen LogP contribution in [0.25, 0.3) is 0 Å². The number of halogens is 1. The van der Waals surface area contributed by atoms with E-state index < -0.39 is 21.9 Å². The highest BCUT2D eigenvalue weighted by molar-refractivity contribution is 7.89. The molecule has 0 aliphatic heterocycles. The molecule has 1 aromatic heterocycles. The standard InChI is InChI=1S/C19H24FNO3S2/c1-13-11-15(5-6-16(13)20)26(23,24)21-12-19(9-3-4-10-19)18-8-7-17(25-18)14(2)22/h5-8,11,14,21-22H,3-4,9-10,12H2,1-2H3. The van der Waals surface area contributed by atoms with E-state index in [1.54, 1.807) is 25.2 Å². The maximum absolute atomic E-state index is 13.4. The van der Waals surface area contributed by atoms with Crippen LogP contribution in [0.3, 0.4) is 0 Å². The van der Waals surface area contributed by atoms with Gasteiger partial charge < -0.3 is 5.11 Å². The van der Waals surface area contributed by atoms with E-state index in [-0.39, 0.29) is 10.3 Å². The van der Waals surface area contributed by atoms with Crippen LogP contribution >= 0.6 is 11.3 Å². The average Bonchev–Trinajstić information content (AvgIpc) is 3.25. The SMILES string of the molecule is Cc1cc(S(=O)(=O)NCC2(c3ccc(C(C)O)s3)CCCC2)ccc1F. The van der Waals surface area contributed by atoms with Gasteiger partial charge >= 0.3 is 0 Å². The molecule has 0 amide bonds. The second kappa shape index (κ2) is 7.38. The smallest absolute Gasteiger partial charge is 0.240 e. The molecule has 0 spiro atoms. The summed E-state index contributed by atoms with van der Waals surface area (Å²) in [7, 11) is -3.70. The molecule has 2 aromatic rings. The molecule has 1 fully saturated rings. The van der Waals surface area contributed by atoms with Gasteiger partial charge in [0.05, 0.1) is 11.0 Å². The van der Waals surface area contributed by atoms with Crippen LogP contribution in [0, 0.1) is 12.7 Å². The van der Waals surface area contributed by atoms with E-state index >= 15 is 0 Å². The molecule has 1 atom stereocenters. The van der Waals surface area contributed by atoms with Crippen LogP contribution < -0.4 is 4.72 Å². The first-order valence-electron chi connectivity index (χ1n) is 8.78.